The first-order valence-electron chi connectivity index (χ1n) is 6.69. The summed E-state index contributed by atoms with van der Waals surface area (Å²) in [6, 6.07) is 4.08. The molecule has 1 heterocycles. The largest absolute Gasteiger partial charge is 0.465 e. The number of benzene rings is 1. The lowest BCUT2D eigenvalue weighted by Gasteiger charge is -2.26. The topological polar surface area (TPSA) is 102 Å². The first-order chi connectivity index (χ1) is 9.94. The van der Waals surface area contributed by atoms with Gasteiger partial charge >= 0.3 is 5.97 Å². The SMILES string of the molecule is COC(=O)c1ccc(N)cc1S(=O)(=O)NN1CCCCC1. The second kappa shape index (κ2) is 6.42. The van der Waals surface area contributed by atoms with Crippen molar-refractivity contribution in [1.82, 2.24) is 9.84 Å². The zero-order chi connectivity index (χ0) is 15.5. The van der Waals surface area contributed by atoms with Gasteiger partial charge in [-0.2, -0.15) is 0 Å². The molecule has 1 fully saturated rings. The molecule has 2 rings (SSSR count). The van der Waals surface area contributed by atoms with Crippen LogP contribution in [0.25, 0.3) is 0 Å². The maximum atomic E-state index is 12.5. The first kappa shape index (κ1) is 15.7. The minimum Gasteiger partial charge on any atom is -0.465 e. The van der Waals surface area contributed by atoms with Gasteiger partial charge in [0.05, 0.1) is 17.6 Å². The van der Waals surface area contributed by atoms with Gasteiger partial charge in [-0.15, -0.1) is 4.83 Å². The molecule has 0 unspecified atom stereocenters. The molecule has 116 valence electrons. The van der Waals surface area contributed by atoms with Crippen LogP contribution in [0.3, 0.4) is 0 Å². The summed E-state index contributed by atoms with van der Waals surface area (Å²) in [5, 5.41) is 1.64. The summed E-state index contributed by atoms with van der Waals surface area (Å²) in [4.78, 5) is 14.0. The van der Waals surface area contributed by atoms with E-state index in [1.165, 1.54) is 25.3 Å². The van der Waals surface area contributed by atoms with Crippen molar-refractivity contribution in [2.75, 3.05) is 25.9 Å². The van der Waals surface area contributed by atoms with Crippen molar-refractivity contribution >= 4 is 21.7 Å². The lowest BCUT2D eigenvalue weighted by Crippen LogP contribution is -2.45. The van der Waals surface area contributed by atoms with Gasteiger partial charge in [0, 0.05) is 18.8 Å². The van der Waals surface area contributed by atoms with Gasteiger partial charge in [0.25, 0.3) is 10.0 Å². The summed E-state index contributed by atoms with van der Waals surface area (Å²) < 4.78 is 29.6. The molecule has 21 heavy (non-hydrogen) atoms. The van der Waals surface area contributed by atoms with Gasteiger partial charge in [-0.25, -0.2) is 18.2 Å². The van der Waals surface area contributed by atoms with Crippen LogP contribution < -0.4 is 10.6 Å². The predicted octanol–water partition coefficient (Wildman–Crippen LogP) is 0.735. The Labute approximate surface area is 124 Å². The van der Waals surface area contributed by atoms with Gasteiger partial charge in [0.15, 0.2) is 0 Å². The molecule has 0 radical (unpaired) electrons. The maximum absolute atomic E-state index is 12.5. The standard InChI is InChI=1S/C13H19N3O4S/c1-20-13(17)11-6-5-10(14)9-12(11)21(18,19)15-16-7-3-2-4-8-16/h5-6,9,15H,2-4,7-8,14H2,1H3. The van der Waals surface area contributed by atoms with Gasteiger partial charge in [0.2, 0.25) is 0 Å². The van der Waals surface area contributed by atoms with E-state index in [9.17, 15) is 13.2 Å². The number of hydrogen-bond donors (Lipinski definition) is 2. The Morgan fingerprint density at radius 3 is 2.57 bits per heavy atom. The highest BCUT2D eigenvalue weighted by atomic mass is 32.2. The van der Waals surface area contributed by atoms with Crippen LogP contribution in [-0.4, -0.2) is 39.6 Å². The second-order valence-corrected chi connectivity index (χ2v) is 6.52. The highest BCUT2D eigenvalue weighted by Crippen LogP contribution is 2.21. The minimum absolute atomic E-state index is 0.0313. The number of hydrogen-bond acceptors (Lipinski definition) is 6. The number of ether oxygens (including phenoxy) is 1. The van der Waals surface area contributed by atoms with Gasteiger partial charge < -0.3 is 10.5 Å². The van der Waals surface area contributed by atoms with Crippen molar-refractivity contribution in [2.24, 2.45) is 0 Å². The van der Waals surface area contributed by atoms with Crippen LogP contribution in [0.1, 0.15) is 29.6 Å². The van der Waals surface area contributed by atoms with Crippen LogP contribution in [0.5, 0.6) is 0 Å². The van der Waals surface area contributed by atoms with E-state index >= 15 is 0 Å². The van der Waals surface area contributed by atoms with Crippen LogP contribution in [-0.2, 0) is 14.8 Å². The van der Waals surface area contributed by atoms with E-state index < -0.39 is 16.0 Å². The fourth-order valence-corrected chi connectivity index (χ4v) is 3.60. The Hall–Kier alpha value is -1.64. The molecule has 0 amide bonds. The number of rotatable bonds is 4. The molecule has 1 saturated heterocycles. The average Bonchev–Trinajstić information content (AvgIpc) is 2.47. The van der Waals surface area contributed by atoms with Gasteiger partial charge in [-0.1, -0.05) is 6.42 Å². The number of methoxy groups -OCH3 is 1. The molecule has 0 saturated carbocycles. The predicted molar refractivity (Wildman–Crippen MR) is 77.9 cm³/mol. The summed E-state index contributed by atoms with van der Waals surface area (Å²) in [5.41, 5.74) is 5.88. The Balaban J connectivity index is 2.33. The normalized spacial score (nSPS) is 16.6. The summed E-state index contributed by atoms with van der Waals surface area (Å²) in [6.45, 7) is 1.30. The highest BCUT2D eigenvalue weighted by Gasteiger charge is 2.26. The molecule has 0 spiro atoms. The second-order valence-electron chi connectivity index (χ2n) is 4.89. The van der Waals surface area contributed by atoms with E-state index in [0.29, 0.717) is 13.1 Å². The number of sulfonamides is 1. The summed E-state index contributed by atoms with van der Waals surface area (Å²) >= 11 is 0. The molecular weight excluding hydrogens is 294 g/mol. The first-order valence-corrected chi connectivity index (χ1v) is 8.17. The van der Waals surface area contributed by atoms with Crippen molar-refractivity contribution < 1.29 is 17.9 Å². The van der Waals surface area contributed by atoms with Crippen LogP contribution >= 0.6 is 0 Å². The van der Waals surface area contributed by atoms with Crippen LogP contribution in [0, 0.1) is 0 Å². The lowest BCUT2D eigenvalue weighted by atomic mass is 10.2. The van der Waals surface area contributed by atoms with E-state index in [-0.39, 0.29) is 16.1 Å². The summed E-state index contributed by atoms with van der Waals surface area (Å²) in [5.74, 6) is -0.714. The molecule has 1 aliphatic heterocycles. The van der Waals surface area contributed by atoms with E-state index in [1.54, 1.807) is 5.01 Å². The number of piperidine rings is 1. The van der Waals surface area contributed by atoms with Gasteiger partial charge in [-0.3, -0.25) is 0 Å². The van der Waals surface area contributed by atoms with Crippen molar-refractivity contribution in [3.05, 3.63) is 23.8 Å². The monoisotopic (exact) mass is 313 g/mol. The van der Waals surface area contributed by atoms with E-state index in [2.05, 4.69) is 9.57 Å². The number of nitrogen functional groups attached to an aromatic ring is 1. The average molecular weight is 313 g/mol. The molecule has 0 atom stereocenters. The van der Waals surface area contributed by atoms with Crippen LogP contribution in [0.2, 0.25) is 0 Å². The molecule has 0 bridgehead atoms. The number of carbonyl (C=O) groups is 1. The molecular formula is C13H19N3O4S. The molecule has 1 aromatic rings. The van der Waals surface area contributed by atoms with E-state index in [4.69, 9.17) is 5.73 Å². The Kier molecular flexibility index (Phi) is 4.81. The third kappa shape index (κ3) is 3.72. The van der Waals surface area contributed by atoms with Crippen molar-refractivity contribution in [1.29, 1.82) is 0 Å². The third-order valence-corrected chi connectivity index (χ3v) is 4.72. The zero-order valence-corrected chi connectivity index (χ0v) is 12.6. The Bertz CT molecular complexity index is 624. The fourth-order valence-electron chi connectivity index (χ4n) is 2.24. The molecule has 0 aliphatic carbocycles. The molecule has 1 aromatic carbocycles. The molecule has 1 aliphatic rings. The number of carbonyl (C=O) groups excluding carboxylic acids is 1. The molecule has 7 nitrogen and oxygen atoms in total. The zero-order valence-electron chi connectivity index (χ0n) is 11.8. The molecule has 0 aromatic heterocycles. The number of esters is 1. The smallest absolute Gasteiger partial charge is 0.339 e. The highest BCUT2D eigenvalue weighted by molar-refractivity contribution is 7.89. The summed E-state index contributed by atoms with van der Waals surface area (Å²) in [6.07, 6.45) is 2.95. The molecule has 3 N–H and O–H groups in total. The maximum Gasteiger partial charge on any atom is 0.339 e. The van der Waals surface area contributed by atoms with E-state index in [1.807, 2.05) is 0 Å². The molecule has 8 heteroatoms. The number of nitrogens with zero attached hydrogens (tertiary/aromatic N) is 1. The third-order valence-electron chi connectivity index (χ3n) is 3.31. The lowest BCUT2D eigenvalue weighted by molar-refractivity contribution is 0.0596. The van der Waals surface area contributed by atoms with Crippen molar-refractivity contribution in [3.8, 4) is 0 Å². The van der Waals surface area contributed by atoms with Crippen molar-refractivity contribution in [3.63, 3.8) is 0 Å². The number of anilines is 1. The van der Waals surface area contributed by atoms with E-state index in [0.717, 1.165) is 19.3 Å². The quantitative estimate of drug-likeness (QED) is 0.628. The van der Waals surface area contributed by atoms with Crippen molar-refractivity contribution in [2.45, 2.75) is 24.2 Å². The summed E-state index contributed by atoms with van der Waals surface area (Å²) in [7, 11) is -2.67. The van der Waals surface area contributed by atoms with Crippen LogP contribution in [0.15, 0.2) is 23.1 Å². The van der Waals surface area contributed by atoms with Crippen LogP contribution in [0.4, 0.5) is 5.69 Å². The number of nitrogens with one attached hydrogen (secondary N) is 1. The van der Waals surface area contributed by atoms with Gasteiger partial charge in [0.1, 0.15) is 0 Å². The fraction of sp³-hybridized carbons (Fsp3) is 0.462. The Morgan fingerprint density at radius 1 is 1.29 bits per heavy atom. The van der Waals surface area contributed by atoms with Gasteiger partial charge in [-0.05, 0) is 31.0 Å². The minimum atomic E-state index is -3.87. The Morgan fingerprint density at radius 2 is 1.95 bits per heavy atom. The number of nitrogens with two attached hydrogens (primary N) is 1. The number of hydrazine groups is 1.